The van der Waals surface area contributed by atoms with Crippen LogP contribution in [-0.4, -0.2) is 10.8 Å². The van der Waals surface area contributed by atoms with Crippen molar-refractivity contribution < 1.29 is 14.5 Å². The molecule has 0 fully saturated rings. The van der Waals surface area contributed by atoms with Gasteiger partial charge in [0, 0.05) is 22.8 Å². The van der Waals surface area contributed by atoms with E-state index in [2.05, 4.69) is 43.8 Å². The van der Waals surface area contributed by atoms with Gasteiger partial charge in [-0.2, -0.15) is 5.26 Å². The molecule has 0 saturated heterocycles. The highest BCUT2D eigenvalue weighted by molar-refractivity contribution is 14.1. The van der Waals surface area contributed by atoms with Crippen molar-refractivity contribution in [1.82, 2.24) is 0 Å². The normalized spacial score (nSPS) is 10.9. The largest absolute Gasteiger partial charge is 0.487 e. The van der Waals surface area contributed by atoms with Crippen molar-refractivity contribution in [3.05, 3.63) is 101 Å². The smallest absolute Gasteiger partial charge is 0.269 e. The number of hydrogen-bond donors (Lipinski definition) is 1. The van der Waals surface area contributed by atoms with Gasteiger partial charge in [-0.3, -0.25) is 14.9 Å². The Morgan fingerprint density at radius 1 is 1.21 bits per heavy atom. The van der Waals surface area contributed by atoms with Crippen LogP contribution in [0.5, 0.6) is 5.75 Å². The molecule has 0 radical (unpaired) electrons. The molecular formula is C23H14BrClIN3O4. The Morgan fingerprint density at radius 2 is 1.88 bits per heavy atom. The highest BCUT2D eigenvalue weighted by Gasteiger charge is 2.13. The first kappa shape index (κ1) is 24.7. The predicted molar refractivity (Wildman–Crippen MR) is 138 cm³/mol. The van der Waals surface area contributed by atoms with Gasteiger partial charge in [-0.05, 0) is 104 Å². The van der Waals surface area contributed by atoms with Crippen molar-refractivity contribution >= 4 is 73.5 Å². The van der Waals surface area contributed by atoms with Crippen LogP contribution in [0.15, 0.2) is 70.7 Å². The van der Waals surface area contributed by atoms with Crippen LogP contribution in [0, 0.1) is 25.0 Å². The van der Waals surface area contributed by atoms with Gasteiger partial charge in [-0.1, -0.05) is 11.6 Å². The summed E-state index contributed by atoms with van der Waals surface area (Å²) in [7, 11) is 0. The lowest BCUT2D eigenvalue weighted by Gasteiger charge is -2.12. The number of ether oxygens (including phenoxy) is 1. The Labute approximate surface area is 216 Å². The van der Waals surface area contributed by atoms with Gasteiger partial charge in [0.25, 0.3) is 11.6 Å². The molecule has 7 nitrogen and oxygen atoms in total. The van der Waals surface area contributed by atoms with Crippen LogP contribution in [-0.2, 0) is 11.4 Å². The van der Waals surface area contributed by atoms with Crippen LogP contribution in [0.2, 0.25) is 5.02 Å². The molecule has 0 aromatic heterocycles. The van der Waals surface area contributed by atoms with Crippen LogP contribution < -0.4 is 10.1 Å². The summed E-state index contributed by atoms with van der Waals surface area (Å²) in [4.78, 5) is 22.8. The van der Waals surface area contributed by atoms with Gasteiger partial charge in [0.15, 0.2) is 0 Å². The maximum Gasteiger partial charge on any atom is 0.269 e. The molecule has 0 spiro atoms. The summed E-state index contributed by atoms with van der Waals surface area (Å²) < 4.78 is 7.27. The summed E-state index contributed by atoms with van der Waals surface area (Å²) in [5, 5.41) is 23.4. The number of nitrogens with zero attached hydrogens (tertiary/aromatic N) is 2. The Kier molecular flexibility index (Phi) is 8.43. The number of amides is 1. The zero-order valence-electron chi connectivity index (χ0n) is 16.7. The molecule has 3 rings (SSSR count). The Hall–Kier alpha value is -2.94. The lowest BCUT2D eigenvalue weighted by molar-refractivity contribution is -0.384. The summed E-state index contributed by atoms with van der Waals surface area (Å²) in [5.74, 6) is 0.0414. The van der Waals surface area contributed by atoms with E-state index in [0.29, 0.717) is 26.5 Å². The Bertz CT molecular complexity index is 1250. The zero-order chi connectivity index (χ0) is 24.0. The molecule has 0 bridgehead atoms. The average molecular weight is 639 g/mol. The molecule has 0 atom stereocenters. The molecule has 1 amide bonds. The lowest BCUT2D eigenvalue weighted by Crippen LogP contribution is -2.13. The zero-order valence-corrected chi connectivity index (χ0v) is 21.2. The summed E-state index contributed by atoms with van der Waals surface area (Å²) >= 11 is 11.4. The number of benzene rings is 3. The molecule has 10 heteroatoms. The number of non-ortho nitro benzene ring substituents is 1. The molecule has 0 aliphatic heterocycles. The number of carbonyl (C=O) groups excluding carboxylic acids is 1. The maximum absolute atomic E-state index is 12.5. The van der Waals surface area contributed by atoms with Crippen molar-refractivity contribution in [2.75, 3.05) is 5.32 Å². The van der Waals surface area contributed by atoms with Crippen molar-refractivity contribution in [2.24, 2.45) is 0 Å². The summed E-state index contributed by atoms with van der Waals surface area (Å²) in [5.41, 5.74) is 1.89. The maximum atomic E-state index is 12.5. The van der Waals surface area contributed by atoms with E-state index in [-0.39, 0.29) is 17.9 Å². The fraction of sp³-hybridized carbons (Fsp3) is 0.0435. The minimum Gasteiger partial charge on any atom is -0.487 e. The second kappa shape index (κ2) is 11.3. The number of nitro benzene ring substituents is 1. The van der Waals surface area contributed by atoms with E-state index in [1.165, 1.54) is 18.2 Å². The molecule has 0 unspecified atom stereocenters. The fourth-order valence-corrected chi connectivity index (χ4v) is 4.61. The minimum absolute atomic E-state index is 0.0130. The molecule has 1 N–H and O–H groups in total. The monoisotopic (exact) mass is 637 g/mol. The molecule has 33 heavy (non-hydrogen) atoms. The Balaban J connectivity index is 1.74. The highest BCUT2D eigenvalue weighted by atomic mass is 127. The van der Waals surface area contributed by atoms with Crippen LogP contribution >= 0.6 is 50.1 Å². The predicted octanol–water partition coefficient (Wildman–Crippen LogP) is 6.74. The molecule has 0 aliphatic carbocycles. The number of nitrogens with one attached hydrogen (secondary N) is 1. The number of rotatable bonds is 7. The third kappa shape index (κ3) is 6.77. The number of anilines is 1. The third-order valence-corrected chi connectivity index (χ3v) is 5.97. The van der Waals surface area contributed by atoms with E-state index in [1.54, 1.807) is 48.5 Å². The summed E-state index contributed by atoms with van der Waals surface area (Å²) in [6.45, 7) is 0.217. The first-order valence-electron chi connectivity index (χ1n) is 9.30. The molecule has 0 aliphatic rings. The number of halogens is 3. The highest BCUT2D eigenvalue weighted by Crippen LogP contribution is 2.33. The average Bonchev–Trinajstić information content (AvgIpc) is 2.78. The van der Waals surface area contributed by atoms with Gasteiger partial charge in [-0.25, -0.2) is 0 Å². The second-order valence-electron chi connectivity index (χ2n) is 6.66. The van der Waals surface area contributed by atoms with Crippen LogP contribution in [0.1, 0.15) is 11.1 Å². The van der Waals surface area contributed by atoms with Gasteiger partial charge >= 0.3 is 0 Å². The van der Waals surface area contributed by atoms with Crippen molar-refractivity contribution in [3.63, 3.8) is 0 Å². The topological polar surface area (TPSA) is 105 Å². The number of hydrogen-bond acceptors (Lipinski definition) is 5. The third-order valence-electron chi connectivity index (χ3n) is 4.33. The molecule has 3 aromatic carbocycles. The van der Waals surface area contributed by atoms with E-state index in [4.69, 9.17) is 16.3 Å². The molecule has 3 aromatic rings. The van der Waals surface area contributed by atoms with Crippen LogP contribution in [0.25, 0.3) is 6.08 Å². The van der Waals surface area contributed by atoms with E-state index < -0.39 is 10.8 Å². The fourth-order valence-electron chi connectivity index (χ4n) is 2.72. The Morgan fingerprint density at radius 3 is 2.45 bits per heavy atom. The van der Waals surface area contributed by atoms with Gasteiger partial charge < -0.3 is 10.1 Å². The standard InChI is InChI=1S/C23H14BrClIN3O4/c24-20-10-15(9-16(12-27)23(30)28-18-5-3-17(25)4-6-18)11-21(26)22(20)33-13-14-1-7-19(8-2-14)29(31)32/h1-11H,13H2,(H,28,30)/b16-9-. The van der Waals surface area contributed by atoms with Crippen molar-refractivity contribution in [3.8, 4) is 11.8 Å². The van der Waals surface area contributed by atoms with E-state index in [1.807, 2.05) is 6.07 Å². The van der Waals surface area contributed by atoms with Crippen molar-refractivity contribution in [2.45, 2.75) is 6.61 Å². The van der Waals surface area contributed by atoms with Gasteiger partial charge in [0.05, 0.1) is 13.0 Å². The first-order valence-corrected chi connectivity index (χ1v) is 11.6. The quantitative estimate of drug-likeness (QED) is 0.102. The molecule has 166 valence electrons. The molecule has 0 saturated carbocycles. The SMILES string of the molecule is N#C/C(=C/c1cc(Br)c(OCc2ccc([N+](=O)[O-])cc2)c(I)c1)C(=O)Nc1ccc(Cl)cc1. The number of nitriles is 1. The number of carbonyl (C=O) groups is 1. The lowest BCUT2D eigenvalue weighted by atomic mass is 10.1. The first-order chi connectivity index (χ1) is 15.8. The summed E-state index contributed by atoms with van der Waals surface area (Å²) in [6, 6.07) is 18.1. The van der Waals surface area contributed by atoms with E-state index >= 15 is 0 Å². The van der Waals surface area contributed by atoms with Gasteiger partial charge in [0.1, 0.15) is 24.0 Å². The van der Waals surface area contributed by atoms with Crippen LogP contribution in [0.3, 0.4) is 0 Å². The van der Waals surface area contributed by atoms with Gasteiger partial charge in [-0.15, -0.1) is 0 Å². The minimum atomic E-state index is -0.538. The molecular weight excluding hydrogens is 625 g/mol. The van der Waals surface area contributed by atoms with Crippen LogP contribution in [0.4, 0.5) is 11.4 Å². The number of nitro groups is 1. The summed E-state index contributed by atoms with van der Waals surface area (Å²) in [6.07, 6.45) is 1.48. The van der Waals surface area contributed by atoms with Gasteiger partial charge in [0.2, 0.25) is 0 Å². The van der Waals surface area contributed by atoms with Crippen molar-refractivity contribution in [1.29, 1.82) is 5.26 Å². The second-order valence-corrected chi connectivity index (χ2v) is 9.11. The molecule has 0 heterocycles. The van der Waals surface area contributed by atoms with E-state index in [0.717, 1.165) is 9.13 Å². The van der Waals surface area contributed by atoms with E-state index in [9.17, 15) is 20.2 Å².